The zero-order valence-electron chi connectivity index (χ0n) is 11.3. The molecule has 0 aromatic carbocycles. The van der Waals surface area contributed by atoms with Gasteiger partial charge in [-0.2, -0.15) is 0 Å². The molecule has 1 aliphatic heterocycles. The summed E-state index contributed by atoms with van der Waals surface area (Å²) >= 11 is 0. The number of aromatic nitrogens is 2. The molecule has 0 amide bonds. The van der Waals surface area contributed by atoms with E-state index < -0.39 is 0 Å². The van der Waals surface area contributed by atoms with E-state index in [0.29, 0.717) is 0 Å². The quantitative estimate of drug-likeness (QED) is 0.857. The van der Waals surface area contributed by atoms with Gasteiger partial charge < -0.3 is 14.8 Å². The van der Waals surface area contributed by atoms with Crippen LogP contribution in [0, 0.1) is 5.92 Å². The van der Waals surface area contributed by atoms with E-state index in [-0.39, 0.29) is 0 Å². The van der Waals surface area contributed by atoms with Crippen LogP contribution < -0.4 is 5.32 Å². The summed E-state index contributed by atoms with van der Waals surface area (Å²) in [6.45, 7) is 4.55. The van der Waals surface area contributed by atoms with Gasteiger partial charge in [0.1, 0.15) is 0 Å². The molecule has 3 rings (SSSR count). The third-order valence-electron chi connectivity index (χ3n) is 4.03. The highest BCUT2D eigenvalue weighted by atomic mass is 15.1. The van der Waals surface area contributed by atoms with Gasteiger partial charge in [-0.3, -0.25) is 0 Å². The van der Waals surface area contributed by atoms with Crippen LogP contribution in [-0.4, -0.2) is 40.6 Å². The van der Waals surface area contributed by atoms with E-state index >= 15 is 0 Å². The van der Waals surface area contributed by atoms with Crippen LogP contribution in [0.1, 0.15) is 31.4 Å². The van der Waals surface area contributed by atoms with Crippen LogP contribution in [0.15, 0.2) is 12.5 Å². The van der Waals surface area contributed by atoms with Crippen molar-refractivity contribution in [2.75, 3.05) is 20.1 Å². The molecule has 4 heteroatoms. The first kappa shape index (κ1) is 12.2. The molecule has 1 aromatic rings. The number of piperidine rings is 1. The molecule has 0 bridgehead atoms. The fourth-order valence-corrected chi connectivity index (χ4v) is 2.85. The summed E-state index contributed by atoms with van der Waals surface area (Å²) in [5, 5.41) is 3.51. The minimum absolute atomic E-state index is 0.766. The van der Waals surface area contributed by atoms with Gasteiger partial charge in [-0.25, -0.2) is 4.98 Å². The van der Waals surface area contributed by atoms with Crippen molar-refractivity contribution in [3.63, 3.8) is 0 Å². The molecule has 4 nitrogen and oxygen atoms in total. The maximum Gasteiger partial charge on any atom is 0.0950 e. The zero-order chi connectivity index (χ0) is 12.4. The lowest BCUT2D eigenvalue weighted by Gasteiger charge is -2.29. The van der Waals surface area contributed by atoms with Gasteiger partial charge in [-0.15, -0.1) is 0 Å². The molecule has 1 aliphatic carbocycles. The van der Waals surface area contributed by atoms with E-state index in [1.165, 1.54) is 44.5 Å². The first-order valence-corrected chi connectivity index (χ1v) is 7.22. The first-order chi connectivity index (χ1) is 8.79. The van der Waals surface area contributed by atoms with Crippen molar-refractivity contribution < 1.29 is 0 Å². The monoisotopic (exact) mass is 248 g/mol. The van der Waals surface area contributed by atoms with Gasteiger partial charge in [0.2, 0.25) is 0 Å². The lowest BCUT2D eigenvalue weighted by atomic mass is 9.98. The molecule has 1 N–H and O–H groups in total. The Morgan fingerprint density at radius 2 is 2.28 bits per heavy atom. The Morgan fingerprint density at radius 3 is 3.06 bits per heavy atom. The Hall–Kier alpha value is -0.870. The standard InChI is InChI=1S/C14H24N4/c1-17-6-2-3-12(8-17)9-18-10-14(16-11-18)7-15-13-4-5-13/h10-13,15H,2-9H2,1H3. The third kappa shape index (κ3) is 3.33. The number of likely N-dealkylation sites (tertiary alicyclic amines) is 1. The third-order valence-corrected chi connectivity index (χ3v) is 4.03. The second-order valence-corrected chi connectivity index (χ2v) is 5.99. The topological polar surface area (TPSA) is 33.1 Å². The normalized spacial score (nSPS) is 25.5. The zero-order valence-corrected chi connectivity index (χ0v) is 11.3. The van der Waals surface area contributed by atoms with Gasteiger partial charge in [0.25, 0.3) is 0 Å². The van der Waals surface area contributed by atoms with E-state index in [1.54, 1.807) is 0 Å². The van der Waals surface area contributed by atoms with Crippen molar-refractivity contribution in [3.8, 4) is 0 Å². The SMILES string of the molecule is CN1CCCC(Cn2cnc(CNC3CC3)c2)C1. The average Bonchev–Trinajstić information content (AvgIpc) is 3.08. The second kappa shape index (κ2) is 5.41. The summed E-state index contributed by atoms with van der Waals surface area (Å²) in [4.78, 5) is 6.93. The molecule has 0 spiro atoms. The summed E-state index contributed by atoms with van der Waals surface area (Å²) in [6.07, 6.45) is 9.59. The molecule has 2 heterocycles. The molecule has 1 saturated carbocycles. The molecule has 1 saturated heterocycles. The molecular weight excluding hydrogens is 224 g/mol. The molecule has 1 unspecified atom stereocenters. The summed E-state index contributed by atoms with van der Waals surface area (Å²) < 4.78 is 2.27. The fourth-order valence-electron chi connectivity index (χ4n) is 2.85. The van der Waals surface area contributed by atoms with Crippen LogP contribution in [0.3, 0.4) is 0 Å². The van der Waals surface area contributed by atoms with Gasteiger partial charge in [-0.05, 0) is 45.2 Å². The van der Waals surface area contributed by atoms with Crippen LogP contribution in [0.5, 0.6) is 0 Å². The molecule has 100 valence electrons. The van der Waals surface area contributed by atoms with Crippen molar-refractivity contribution >= 4 is 0 Å². The fraction of sp³-hybridized carbons (Fsp3) is 0.786. The number of hydrogen-bond donors (Lipinski definition) is 1. The van der Waals surface area contributed by atoms with Crippen molar-refractivity contribution in [1.82, 2.24) is 19.8 Å². The number of hydrogen-bond acceptors (Lipinski definition) is 3. The van der Waals surface area contributed by atoms with E-state index in [0.717, 1.165) is 25.0 Å². The molecule has 0 radical (unpaired) electrons. The Kier molecular flexibility index (Phi) is 3.66. The molecule has 1 aromatic heterocycles. The van der Waals surface area contributed by atoms with E-state index in [1.807, 2.05) is 6.33 Å². The average molecular weight is 248 g/mol. The van der Waals surface area contributed by atoms with Gasteiger partial charge in [0.05, 0.1) is 12.0 Å². The van der Waals surface area contributed by atoms with Gasteiger partial charge in [0, 0.05) is 31.9 Å². The second-order valence-electron chi connectivity index (χ2n) is 5.99. The number of rotatable bonds is 5. The van der Waals surface area contributed by atoms with Crippen molar-refractivity contribution in [1.29, 1.82) is 0 Å². The highest BCUT2D eigenvalue weighted by Gasteiger charge is 2.21. The molecular formula is C14H24N4. The van der Waals surface area contributed by atoms with Crippen LogP contribution in [0.4, 0.5) is 0 Å². The van der Waals surface area contributed by atoms with Crippen molar-refractivity contribution in [2.45, 2.75) is 44.8 Å². The molecule has 2 aliphatic rings. The Labute approximate surface area is 109 Å². The molecule has 2 fully saturated rings. The molecule has 1 atom stereocenters. The number of nitrogens with one attached hydrogen (secondary N) is 1. The van der Waals surface area contributed by atoms with Crippen LogP contribution in [-0.2, 0) is 13.1 Å². The van der Waals surface area contributed by atoms with Crippen molar-refractivity contribution in [2.24, 2.45) is 5.92 Å². The summed E-state index contributed by atoms with van der Waals surface area (Å²) in [6, 6.07) is 0.766. The minimum Gasteiger partial charge on any atom is -0.337 e. The predicted molar refractivity (Wildman–Crippen MR) is 72.3 cm³/mol. The van der Waals surface area contributed by atoms with Crippen LogP contribution >= 0.6 is 0 Å². The van der Waals surface area contributed by atoms with E-state index in [9.17, 15) is 0 Å². The highest BCUT2D eigenvalue weighted by molar-refractivity contribution is 4.98. The Morgan fingerprint density at radius 1 is 1.39 bits per heavy atom. The number of nitrogens with zero attached hydrogens (tertiary/aromatic N) is 3. The maximum absolute atomic E-state index is 4.49. The van der Waals surface area contributed by atoms with Gasteiger partial charge in [-0.1, -0.05) is 0 Å². The van der Waals surface area contributed by atoms with Crippen LogP contribution in [0.25, 0.3) is 0 Å². The highest BCUT2D eigenvalue weighted by Crippen LogP contribution is 2.19. The lowest BCUT2D eigenvalue weighted by Crippen LogP contribution is -2.33. The Balaban J connectivity index is 1.49. The smallest absolute Gasteiger partial charge is 0.0950 e. The lowest BCUT2D eigenvalue weighted by molar-refractivity contribution is 0.194. The van der Waals surface area contributed by atoms with Gasteiger partial charge in [0.15, 0.2) is 0 Å². The predicted octanol–water partition coefficient (Wildman–Crippen LogP) is 1.48. The summed E-state index contributed by atoms with van der Waals surface area (Å²) in [5.74, 6) is 0.794. The summed E-state index contributed by atoms with van der Waals surface area (Å²) in [7, 11) is 2.23. The number of imidazole rings is 1. The van der Waals surface area contributed by atoms with Crippen molar-refractivity contribution in [3.05, 3.63) is 18.2 Å². The maximum atomic E-state index is 4.49. The van der Waals surface area contributed by atoms with Gasteiger partial charge >= 0.3 is 0 Å². The summed E-state index contributed by atoms with van der Waals surface area (Å²) in [5.41, 5.74) is 1.19. The van der Waals surface area contributed by atoms with Crippen LogP contribution in [0.2, 0.25) is 0 Å². The largest absolute Gasteiger partial charge is 0.337 e. The van der Waals surface area contributed by atoms with E-state index in [2.05, 4.69) is 33.0 Å². The first-order valence-electron chi connectivity index (χ1n) is 7.22. The molecule has 18 heavy (non-hydrogen) atoms. The Bertz CT molecular complexity index is 383. The van der Waals surface area contributed by atoms with E-state index in [4.69, 9.17) is 0 Å². The minimum atomic E-state index is 0.766.